The van der Waals surface area contributed by atoms with Gasteiger partial charge < -0.3 is 4.74 Å². The zero-order valence-electron chi connectivity index (χ0n) is 14.2. The number of carbonyl (C=O) groups is 3. The number of fused-ring (bicyclic) bond motifs is 1. The van der Waals surface area contributed by atoms with Crippen molar-refractivity contribution >= 4 is 34.6 Å². The summed E-state index contributed by atoms with van der Waals surface area (Å²) in [4.78, 5) is 37.7. The zero-order valence-corrected chi connectivity index (χ0v) is 14.2. The summed E-state index contributed by atoms with van der Waals surface area (Å²) in [5.74, 6) is -0.605. The first-order valence-corrected chi connectivity index (χ1v) is 7.79. The number of hydrogen-bond donors (Lipinski definition) is 0. The van der Waals surface area contributed by atoms with Gasteiger partial charge in [0.25, 0.3) is 5.91 Å². The number of carbonyl (C=O) groups excluding carboxylic acids is 3. The fourth-order valence-corrected chi connectivity index (χ4v) is 2.97. The molecule has 1 aliphatic rings. The molecule has 0 spiro atoms. The van der Waals surface area contributed by atoms with E-state index in [1.54, 1.807) is 18.2 Å². The van der Waals surface area contributed by atoms with Gasteiger partial charge in [-0.3, -0.25) is 14.4 Å². The molecule has 0 unspecified atom stereocenters. The highest BCUT2D eigenvalue weighted by Crippen LogP contribution is 2.41. The summed E-state index contributed by atoms with van der Waals surface area (Å²) in [6.45, 7) is 2.76. The van der Waals surface area contributed by atoms with E-state index in [-0.39, 0.29) is 5.78 Å². The minimum absolute atomic E-state index is 0.133. The number of nitrogens with zero attached hydrogens (tertiary/aromatic N) is 1. The normalized spacial score (nSPS) is 15.0. The fraction of sp³-hybridized carbons (Fsp3) is 0.150. The third-order valence-corrected chi connectivity index (χ3v) is 4.11. The topological polar surface area (TPSA) is 63.7 Å². The van der Waals surface area contributed by atoms with E-state index in [0.29, 0.717) is 28.1 Å². The van der Waals surface area contributed by atoms with Gasteiger partial charge in [0.1, 0.15) is 5.76 Å². The van der Waals surface area contributed by atoms with Crippen LogP contribution in [0.2, 0.25) is 0 Å². The van der Waals surface area contributed by atoms with Gasteiger partial charge >= 0.3 is 0 Å². The van der Waals surface area contributed by atoms with Crippen molar-refractivity contribution < 1.29 is 19.1 Å². The number of imide groups is 1. The lowest BCUT2D eigenvalue weighted by Gasteiger charge is -2.13. The van der Waals surface area contributed by atoms with Crippen molar-refractivity contribution in [2.45, 2.75) is 13.8 Å². The predicted molar refractivity (Wildman–Crippen MR) is 94.9 cm³/mol. The Labute approximate surface area is 145 Å². The Balaban J connectivity index is 2.30. The molecule has 1 heterocycles. The van der Waals surface area contributed by atoms with Gasteiger partial charge in [-0.2, -0.15) is 0 Å². The number of methoxy groups -OCH3 is 1. The molecular formula is C20H17NO4. The average molecular weight is 335 g/mol. The molecule has 2 amide bonds. The first-order valence-electron chi connectivity index (χ1n) is 7.79. The van der Waals surface area contributed by atoms with Gasteiger partial charge in [0.15, 0.2) is 5.78 Å². The van der Waals surface area contributed by atoms with E-state index in [4.69, 9.17) is 4.74 Å². The van der Waals surface area contributed by atoms with Crippen molar-refractivity contribution in [3.63, 3.8) is 0 Å². The highest BCUT2D eigenvalue weighted by Gasteiger charge is 2.38. The van der Waals surface area contributed by atoms with Gasteiger partial charge in [0.2, 0.25) is 5.91 Å². The maximum absolute atomic E-state index is 12.9. The summed E-state index contributed by atoms with van der Waals surface area (Å²) in [7, 11) is 1.49. The van der Waals surface area contributed by atoms with Crippen LogP contribution in [0.5, 0.6) is 0 Å². The fourth-order valence-electron chi connectivity index (χ4n) is 2.97. The van der Waals surface area contributed by atoms with Crippen molar-refractivity contribution in [1.29, 1.82) is 0 Å². The molecule has 5 heteroatoms. The summed E-state index contributed by atoms with van der Waals surface area (Å²) in [6.07, 6.45) is 0. The van der Waals surface area contributed by atoms with Crippen LogP contribution < -0.4 is 4.90 Å². The van der Waals surface area contributed by atoms with E-state index in [1.807, 2.05) is 30.3 Å². The zero-order chi connectivity index (χ0) is 18.1. The van der Waals surface area contributed by atoms with Gasteiger partial charge in [-0.1, -0.05) is 42.5 Å². The molecule has 0 atom stereocenters. The predicted octanol–water partition coefficient (Wildman–Crippen LogP) is 3.30. The minimum atomic E-state index is -0.455. The first kappa shape index (κ1) is 16.6. The standard InChI is InChI=1S/C20H17NO4/c1-12(22)15-9-10-16-17(11-15)21(13(2)23)20(24)18(16)19(25-3)14-7-5-4-6-8-14/h4-11H,1-3H3/b19-18-. The molecule has 0 aromatic heterocycles. The molecular weight excluding hydrogens is 318 g/mol. The summed E-state index contributed by atoms with van der Waals surface area (Å²) in [5, 5.41) is 0. The van der Waals surface area contributed by atoms with Gasteiger partial charge in [0, 0.05) is 23.6 Å². The number of ketones is 1. The lowest BCUT2D eigenvalue weighted by molar-refractivity contribution is -0.122. The largest absolute Gasteiger partial charge is 0.495 e. The van der Waals surface area contributed by atoms with Gasteiger partial charge in [0.05, 0.1) is 18.4 Å². The van der Waals surface area contributed by atoms with E-state index in [1.165, 1.54) is 21.0 Å². The molecule has 0 saturated heterocycles. The second-order valence-corrected chi connectivity index (χ2v) is 5.72. The van der Waals surface area contributed by atoms with E-state index in [0.717, 1.165) is 10.5 Å². The number of ether oxygens (including phenoxy) is 1. The SMILES string of the molecule is CO/C(=C1\C(=O)N(C(C)=O)c2cc(C(C)=O)ccc21)c1ccccc1. The van der Waals surface area contributed by atoms with Crippen LogP contribution in [-0.2, 0) is 14.3 Å². The highest BCUT2D eigenvalue weighted by molar-refractivity contribution is 6.43. The highest BCUT2D eigenvalue weighted by atomic mass is 16.5. The Bertz CT molecular complexity index is 913. The number of hydrogen-bond acceptors (Lipinski definition) is 4. The number of benzene rings is 2. The summed E-state index contributed by atoms with van der Waals surface area (Å²) >= 11 is 0. The smallest absolute Gasteiger partial charge is 0.269 e. The van der Waals surface area contributed by atoms with Crippen LogP contribution in [0.15, 0.2) is 48.5 Å². The van der Waals surface area contributed by atoms with Crippen LogP contribution in [0, 0.1) is 0 Å². The molecule has 25 heavy (non-hydrogen) atoms. The van der Waals surface area contributed by atoms with Crippen LogP contribution in [0.3, 0.4) is 0 Å². The Morgan fingerprint density at radius 3 is 2.20 bits per heavy atom. The number of rotatable bonds is 3. The second kappa shape index (κ2) is 6.36. The molecule has 5 nitrogen and oxygen atoms in total. The Hall–Kier alpha value is -3.21. The number of anilines is 1. The first-order chi connectivity index (χ1) is 12.0. The monoisotopic (exact) mass is 335 g/mol. The quantitative estimate of drug-likeness (QED) is 0.490. The number of amides is 2. The van der Waals surface area contributed by atoms with Crippen LogP contribution in [0.25, 0.3) is 11.3 Å². The molecule has 3 rings (SSSR count). The molecule has 2 aromatic rings. The molecule has 0 saturated carbocycles. The molecule has 2 aromatic carbocycles. The van der Waals surface area contributed by atoms with Crippen molar-refractivity contribution in [3.8, 4) is 0 Å². The summed E-state index contributed by atoms with van der Waals surface area (Å²) < 4.78 is 5.51. The van der Waals surface area contributed by atoms with Crippen molar-refractivity contribution in [3.05, 3.63) is 65.2 Å². The average Bonchev–Trinajstić information content (AvgIpc) is 2.88. The maximum Gasteiger partial charge on any atom is 0.269 e. The molecule has 0 fully saturated rings. The van der Waals surface area contributed by atoms with Crippen LogP contribution in [0.4, 0.5) is 5.69 Å². The van der Waals surface area contributed by atoms with E-state index in [9.17, 15) is 14.4 Å². The van der Waals surface area contributed by atoms with Gasteiger partial charge in [-0.25, -0.2) is 4.90 Å². The van der Waals surface area contributed by atoms with Crippen LogP contribution >= 0.6 is 0 Å². The minimum Gasteiger partial charge on any atom is -0.495 e. The Morgan fingerprint density at radius 2 is 1.64 bits per heavy atom. The maximum atomic E-state index is 12.9. The van der Waals surface area contributed by atoms with Crippen molar-refractivity contribution in [2.24, 2.45) is 0 Å². The number of Topliss-reactive ketones (excluding diaryl/α,β-unsaturated/α-hetero) is 1. The van der Waals surface area contributed by atoms with E-state index >= 15 is 0 Å². The molecule has 0 N–H and O–H groups in total. The van der Waals surface area contributed by atoms with Crippen molar-refractivity contribution in [1.82, 2.24) is 0 Å². The lowest BCUT2D eigenvalue weighted by atomic mass is 10.00. The third kappa shape index (κ3) is 2.74. The van der Waals surface area contributed by atoms with Gasteiger partial charge in [-0.05, 0) is 13.0 Å². The molecule has 0 radical (unpaired) electrons. The lowest BCUT2D eigenvalue weighted by Crippen LogP contribution is -2.31. The molecule has 0 aliphatic carbocycles. The van der Waals surface area contributed by atoms with Crippen molar-refractivity contribution in [2.75, 3.05) is 12.0 Å². The molecule has 126 valence electrons. The van der Waals surface area contributed by atoms with Gasteiger partial charge in [-0.15, -0.1) is 0 Å². The summed E-state index contributed by atoms with van der Waals surface area (Å²) in [6, 6.07) is 14.1. The molecule has 1 aliphatic heterocycles. The van der Waals surface area contributed by atoms with Crippen LogP contribution in [-0.4, -0.2) is 24.7 Å². The third-order valence-electron chi connectivity index (χ3n) is 4.11. The Kier molecular flexibility index (Phi) is 4.23. The van der Waals surface area contributed by atoms with E-state index in [2.05, 4.69) is 0 Å². The summed E-state index contributed by atoms with van der Waals surface area (Å²) in [5.41, 5.74) is 2.48. The second-order valence-electron chi connectivity index (χ2n) is 5.72. The van der Waals surface area contributed by atoms with Crippen LogP contribution in [0.1, 0.15) is 35.3 Å². The molecule has 0 bridgehead atoms. The Morgan fingerprint density at radius 1 is 0.960 bits per heavy atom. The van der Waals surface area contributed by atoms with E-state index < -0.39 is 11.8 Å².